The van der Waals surface area contributed by atoms with Crippen LogP contribution in [-0.4, -0.2) is 32.0 Å². The molecule has 0 atom stereocenters. The average Bonchev–Trinajstić information content (AvgIpc) is 2.84. The maximum atomic E-state index is 11.6. The molecule has 3 rings (SSSR count). The maximum absolute atomic E-state index is 11.6. The third-order valence-electron chi connectivity index (χ3n) is 4.41. The number of rotatable bonds is 2. The summed E-state index contributed by atoms with van der Waals surface area (Å²) in [5.41, 5.74) is 1.04. The molecule has 6 heteroatoms. The van der Waals surface area contributed by atoms with E-state index in [1.54, 1.807) is 11.3 Å². The molecule has 1 saturated heterocycles. The lowest BCUT2D eigenvalue weighted by molar-refractivity contribution is 0.323. The summed E-state index contributed by atoms with van der Waals surface area (Å²) in [5, 5.41) is 4.47. The number of aromatic nitrogens is 1. The quantitative estimate of drug-likeness (QED) is 0.902. The Morgan fingerprint density at radius 3 is 2.53 bits per heavy atom. The number of fused-ring (bicyclic) bond motifs is 1. The number of sulfone groups is 1. The molecule has 0 saturated carbocycles. The van der Waals surface area contributed by atoms with Gasteiger partial charge in [0.15, 0.2) is 0 Å². The fourth-order valence-corrected chi connectivity index (χ4v) is 5.94. The Balaban J connectivity index is 1.92. The first-order valence-electron chi connectivity index (χ1n) is 6.93. The molecule has 2 heterocycles. The Labute approximate surface area is 118 Å². The van der Waals surface area contributed by atoms with Crippen molar-refractivity contribution in [1.29, 1.82) is 0 Å². The molecule has 1 aromatic rings. The van der Waals surface area contributed by atoms with Crippen LogP contribution in [0.4, 0.5) is 0 Å². The van der Waals surface area contributed by atoms with Crippen molar-refractivity contribution >= 4 is 21.2 Å². The van der Waals surface area contributed by atoms with Gasteiger partial charge in [0.05, 0.1) is 22.7 Å². The highest BCUT2D eigenvalue weighted by molar-refractivity contribution is 7.91. The first-order chi connectivity index (χ1) is 9.05. The zero-order chi connectivity index (χ0) is 13.5. The normalized spacial score (nSPS) is 24.9. The number of aryl methyl sites for hydroxylation is 2. The predicted octanol–water partition coefficient (Wildman–Crippen LogP) is 1.65. The first kappa shape index (κ1) is 13.5. The van der Waals surface area contributed by atoms with E-state index in [0.717, 1.165) is 17.8 Å². The lowest BCUT2D eigenvalue weighted by Gasteiger charge is -2.35. The van der Waals surface area contributed by atoms with Gasteiger partial charge < -0.3 is 5.32 Å². The second-order valence-corrected chi connectivity index (χ2v) is 8.97. The zero-order valence-electron chi connectivity index (χ0n) is 11.2. The summed E-state index contributed by atoms with van der Waals surface area (Å²) in [6, 6.07) is 0. The van der Waals surface area contributed by atoms with E-state index < -0.39 is 9.84 Å². The van der Waals surface area contributed by atoms with Crippen molar-refractivity contribution in [2.75, 3.05) is 18.6 Å². The molecular formula is C13H20N2O2S2. The Morgan fingerprint density at radius 1 is 1.21 bits per heavy atom. The van der Waals surface area contributed by atoms with E-state index in [2.05, 4.69) is 5.32 Å². The second kappa shape index (κ2) is 4.82. The van der Waals surface area contributed by atoms with E-state index in [1.165, 1.54) is 23.4 Å². The van der Waals surface area contributed by atoms with Crippen LogP contribution in [0.3, 0.4) is 0 Å². The molecule has 1 aliphatic heterocycles. The van der Waals surface area contributed by atoms with Crippen LogP contribution in [0.5, 0.6) is 0 Å². The molecule has 0 bridgehead atoms. The van der Waals surface area contributed by atoms with Crippen molar-refractivity contribution in [1.82, 2.24) is 10.3 Å². The Bertz CT molecular complexity index is 540. The third kappa shape index (κ3) is 2.45. The molecule has 0 unspecified atom stereocenters. The van der Waals surface area contributed by atoms with Crippen LogP contribution in [0.25, 0.3) is 0 Å². The molecule has 1 aliphatic carbocycles. The van der Waals surface area contributed by atoms with E-state index in [0.29, 0.717) is 12.8 Å². The summed E-state index contributed by atoms with van der Waals surface area (Å²) < 4.78 is 23.3. The minimum absolute atomic E-state index is 0.215. The number of hydrogen-bond acceptors (Lipinski definition) is 5. The van der Waals surface area contributed by atoms with Crippen LogP contribution < -0.4 is 5.32 Å². The van der Waals surface area contributed by atoms with Crippen LogP contribution in [0.15, 0.2) is 0 Å². The van der Waals surface area contributed by atoms with Crippen LogP contribution >= 0.6 is 11.3 Å². The fraction of sp³-hybridized carbons (Fsp3) is 0.769. The van der Waals surface area contributed by atoms with Crippen LogP contribution in [0.2, 0.25) is 0 Å². The Morgan fingerprint density at radius 2 is 1.89 bits per heavy atom. The lowest BCUT2D eigenvalue weighted by Crippen LogP contribution is -2.46. The van der Waals surface area contributed by atoms with Crippen molar-refractivity contribution in [2.45, 2.75) is 44.1 Å². The number of thiazole rings is 1. The van der Waals surface area contributed by atoms with Gasteiger partial charge >= 0.3 is 0 Å². The standard InChI is InChI=1S/C13H20N2O2S2/c1-14-13(6-8-19(16,17)9-7-13)12-15-10-4-2-3-5-11(10)18-12/h14H,2-9H2,1H3. The van der Waals surface area contributed by atoms with E-state index in [1.807, 2.05) is 7.05 Å². The van der Waals surface area contributed by atoms with Gasteiger partial charge in [-0.05, 0) is 45.6 Å². The zero-order valence-corrected chi connectivity index (χ0v) is 12.9. The molecule has 0 aromatic carbocycles. The first-order valence-corrected chi connectivity index (χ1v) is 9.57. The highest BCUT2D eigenvalue weighted by Crippen LogP contribution is 2.38. The minimum Gasteiger partial charge on any atom is -0.308 e. The van der Waals surface area contributed by atoms with E-state index >= 15 is 0 Å². The summed E-state index contributed by atoms with van der Waals surface area (Å²) in [6.07, 6.45) is 6.03. The predicted molar refractivity (Wildman–Crippen MR) is 77.4 cm³/mol. The summed E-state index contributed by atoms with van der Waals surface area (Å²) in [5.74, 6) is 0.552. The van der Waals surface area contributed by atoms with Crippen molar-refractivity contribution in [3.8, 4) is 0 Å². The van der Waals surface area contributed by atoms with E-state index in [-0.39, 0.29) is 17.0 Å². The van der Waals surface area contributed by atoms with Crippen molar-refractivity contribution in [2.24, 2.45) is 0 Å². The van der Waals surface area contributed by atoms with Gasteiger partial charge in [-0.2, -0.15) is 0 Å². The highest BCUT2D eigenvalue weighted by Gasteiger charge is 2.40. The van der Waals surface area contributed by atoms with Gasteiger partial charge in [0.1, 0.15) is 14.8 Å². The molecule has 0 radical (unpaired) electrons. The van der Waals surface area contributed by atoms with Crippen LogP contribution in [-0.2, 0) is 28.2 Å². The van der Waals surface area contributed by atoms with E-state index in [9.17, 15) is 8.42 Å². The van der Waals surface area contributed by atoms with Gasteiger partial charge in [-0.15, -0.1) is 11.3 Å². The molecule has 19 heavy (non-hydrogen) atoms. The van der Waals surface area contributed by atoms with Gasteiger partial charge in [-0.25, -0.2) is 13.4 Å². The van der Waals surface area contributed by atoms with Crippen LogP contribution in [0, 0.1) is 0 Å². The molecule has 2 aliphatic rings. The van der Waals surface area contributed by atoms with Gasteiger partial charge in [0, 0.05) is 4.88 Å². The second-order valence-electron chi connectivity index (χ2n) is 5.58. The van der Waals surface area contributed by atoms with Gasteiger partial charge in [-0.3, -0.25) is 0 Å². The summed E-state index contributed by atoms with van der Waals surface area (Å²) in [6.45, 7) is 0. The lowest BCUT2D eigenvalue weighted by atomic mass is 9.93. The van der Waals surface area contributed by atoms with E-state index in [4.69, 9.17) is 4.98 Å². The fourth-order valence-electron chi connectivity index (χ4n) is 3.01. The molecule has 4 nitrogen and oxygen atoms in total. The van der Waals surface area contributed by atoms with Crippen LogP contribution in [0.1, 0.15) is 41.3 Å². The number of nitrogens with zero attached hydrogens (tertiary/aromatic N) is 1. The van der Waals surface area contributed by atoms with Gasteiger partial charge in [-0.1, -0.05) is 0 Å². The number of nitrogens with one attached hydrogen (secondary N) is 1. The molecule has 1 fully saturated rings. The summed E-state index contributed by atoms with van der Waals surface area (Å²) in [4.78, 5) is 6.25. The summed E-state index contributed by atoms with van der Waals surface area (Å²) >= 11 is 1.80. The van der Waals surface area contributed by atoms with Crippen molar-refractivity contribution < 1.29 is 8.42 Å². The Kier molecular flexibility index (Phi) is 3.43. The van der Waals surface area contributed by atoms with Crippen molar-refractivity contribution in [3.05, 3.63) is 15.6 Å². The van der Waals surface area contributed by atoms with Gasteiger partial charge in [0.2, 0.25) is 0 Å². The summed E-state index contributed by atoms with van der Waals surface area (Å²) in [7, 11) is -0.908. The molecule has 0 amide bonds. The largest absolute Gasteiger partial charge is 0.308 e. The molecule has 1 aromatic heterocycles. The minimum atomic E-state index is -2.84. The molecular weight excluding hydrogens is 280 g/mol. The smallest absolute Gasteiger partial charge is 0.150 e. The molecule has 106 valence electrons. The monoisotopic (exact) mass is 300 g/mol. The third-order valence-corrected chi connectivity index (χ3v) is 7.43. The van der Waals surface area contributed by atoms with Crippen molar-refractivity contribution in [3.63, 3.8) is 0 Å². The highest BCUT2D eigenvalue weighted by atomic mass is 32.2. The SMILES string of the molecule is CNC1(c2nc3c(s2)CCCC3)CCS(=O)(=O)CC1. The molecule has 0 spiro atoms. The Hall–Kier alpha value is -0.460. The van der Waals surface area contributed by atoms with Gasteiger partial charge in [0.25, 0.3) is 0 Å². The topological polar surface area (TPSA) is 59.1 Å². The number of hydrogen-bond donors (Lipinski definition) is 1. The molecule has 1 N–H and O–H groups in total. The maximum Gasteiger partial charge on any atom is 0.150 e. The average molecular weight is 300 g/mol.